The number of rotatable bonds is 14. The number of likely N-dealkylation sites (N-methyl/N-ethyl adjacent to an activating group) is 2. The summed E-state index contributed by atoms with van der Waals surface area (Å²) in [6, 6.07) is 19.1. The van der Waals surface area contributed by atoms with Crippen molar-refractivity contribution in [1.82, 2.24) is 19.6 Å². The van der Waals surface area contributed by atoms with Gasteiger partial charge in [0, 0.05) is 72.5 Å². The van der Waals surface area contributed by atoms with Crippen molar-refractivity contribution in [3.8, 4) is 0 Å². The molecule has 0 spiro atoms. The predicted octanol–water partition coefficient (Wildman–Crippen LogP) is 6.42. The van der Waals surface area contributed by atoms with Gasteiger partial charge in [-0.05, 0) is 88.2 Å². The first-order chi connectivity index (χ1) is 24.0. The van der Waals surface area contributed by atoms with E-state index in [0.717, 1.165) is 71.7 Å². The van der Waals surface area contributed by atoms with Crippen LogP contribution in [-0.2, 0) is 0 Å². The third kappa shape index (κ3) is 7.82. The first-order valence-corrected chi connectivity index (χ1v) is 17.7. The van der Waals surface area contributed by atoms with Gasteiger partial charge in [0.25, 0.3) is 23.6 Å². The molecule has 2 aliphatic rings. The van der Waals surface area contributed by atoms with Crippen molar-refractivity contribution in [2.45, 2.75) is 39.5 Å². The number of anilines is 2. The number of nitrogens with one attached hydrogen (secondary N) is 2. The van der Waals surface area contributed by atoms with Crippen LogP contribution in [0.5, 0.6) is 0 Å². The highest BCUT2D eigenvalue weighted by Crippen LogP contribution is 2.34. The Labute approximate surface area is 295 Å². The molecule has 0 unspecified atom stereocenters. The third-order valence-corrected chi connectivity index (χ3v) is 9.12. The first kappa shape index (κ1) is 36.5. The summed E-state index contributed by atoms with van der Waals surface area (Å²) in [6.07, 6.45) is 4.39. The molecular formula is C40H50N6O4. The van der Waals surface area contributed by atoms with Crippen molar-refractivity contribution in [3.05, 3.63) is 82.9 Å². The number of nitrogens with zero attached hydrogens (tertiary/aromatic N) is 4. The second-order valence-electron chi connectivity index (χ2n) is 13.5. The lowest BCUT2D eigenvalue weighted by Gasteiger charge is -2.28. The van der Waals surface area contributed by atoms with Crippen molar-refractivity contribution in [1.29, 1.82) is 0 Å². The Morgan fingerprint density at radius 1 is 0.540 bits per heavy atom. The maximum absolute atomic E-state index is 13.0. The minimum Gasteiger partial charge on any atom is -0.385 e. The molecule has 0 atom stereocenters. The molecule has 0 bridgehead atoms. The zero-order chi connectivity index (χ0) is 35.9. The zero-order valence-corrected chi connectivity index (χ0v) is 30.3. The van der Waals surface area contributed by atoms with Gasteiger partial charge in [-0.25, -0.2) is 0 Å². The molecule has 2 heterocycles. The Balaban J connectivity index is 0.000000194. The highest BCUT2D eigenvalue weighted by Gasteiger charge is 2.34. The number of unbranched alkanes of at least 4 members (excludes halogenated alkanes) is 2. The molecule has 6 rings (SSSR count). The van der Waals surface area contributed by atoms with E-state index in [-0.39, 0.29) is 23.6 Å². The van der Waals surface area contributed by atoms with E-state index in [9.17, 15) is 19.2 Å². The highest BCUT2D eigenvalue weighted by molar-refractivity contribution is 6.27. The van der Waals surface area contributed by atoms with Crippen molar-refractivity contribution < 1.29 is 19.2 Å². The Morgan fingerprint density at radius 3 is 1.28 bits per heavy atom. The highest BCUT2D eigenvalue weighted by atomic mass is 16.2. The van der Waals surface area contributed by atoms with E-state index in [1.54, 1.807) is 0 Å². The second-order valence-corrected chi connectivity index (χ2v) is 13.5. The van der Waals surface area contributed by atoms with Crippen molar-refractivity contribution in [3.63, 3.8) is 0 Å². The maximum atomic E-state index is 13.0. The molecule has 2 N–H and O–H groups in total. The monoisotopic (exact) mass is 678 g/mol. The van der Waals surface area contributed by atoms with Gasteiger partial charge in [0.1, 0.15) is 0 Å². The van der Waals surface area contributed by atoms with Crippen LogP contribution in [0.3, 0.4) is 0 Å². The molecule has 0 fully saturated rings. The lowest BCUT2D eigenvalue weighted by molar-refractivity contribution is 0.0585. The zero-order valence-electron chi connectivity index (χ0n) is 30.3. The number of imide groups is 2. The average molecular weight is 679 g/mol. The molecule has 0 radical (unpaired) electrons. The minimum atomic E-state index is -0.199. The van der Waals surface area contributed by atoms with Crippen LogP contribution >= 0.6 is 0 Å². The molecule has 0 aliphatic carbocycles. The van der Waals surface area contributed by atoms with Crippen molar-refractivity contribution >= 4 is 56.5 Å². The van der Waals surface area contributed by atoms with Gasteiger partial charge in [-0.2, -0.15) is 0 Å². The number of hydrogen-bond donors (Lipinski definition) is 2. The number of hydrogen-bond acceptors (Lipinski definition) is 8. The molecule has 0 aromatic heterocycles. The largest absolute Gasteiger partial charge is 0.385 e. The van der Waals surface area contributed by atoms with Gasteiger partial charge >= 0.3 is 0 Å². The summed E-state index contributed by atoms with van der Waals surface area (Å²) >= 11 is 0. The number of benzene rings is 4. The fourth-order valence-corrected chi connectivity index (χ4v) is 6.34. The van der Waals surface area contributed by atoms with E-state index < -0.39 is 0 Å². The fourth-order valence-electron chi connectivity index (χ4n) is 6.34. The van der Waals surface area contributed by atoms with Crippen LogP contribution in [0.15, 0.2) is 60.7 Å². The van der Waals surface area contributed by atoms with Gasteiger partial charge in [0.05, 0.1) is 11.1 Å². The average Bonchev–Trinajstić information content (AvgIpc) is 3.09. The molecule has 4 amide bonds. The van der Waals surface area contributed by atoms with E-state index in [2.05, 4.69) is 24.5 Å². The van der Waals surface area contributed by atoms with Crippen LogP contribution in [0, 0.1) is 0 Å². The Bertz CT molecular complexity index is 1770. The quantitative estimate of drug-likeness (QED) is 0.116. The summed E-state index contributed by atoms with van der Waals surface area (Å²) in [7, 11) is 7.74. The molecule has 264 valence electrons. The van der Waals surface area contributed by atoms with E-state index in [1.807, 2.05) is 98.7 Å². The van der Waals surface area contributed by atoms with Gasteiger partial charge in [-0.1, -0.05) is 51.0 Å². The smallest absolute Gasteiger partial charge is 0.261 e. The third-order valence-electron chi connectivity index (χ3n) is 9.12. The summed E-state index contributed by atoms with van der Waals surface area (Å²) in [5.41, 5.74) is 4.33. The van der Waals surface area contributed by atoms with Crippen LogP contribution in [-0.4, -0.2) is 111 Å². The Hall–Kier alpha value is -4.80. The van der Waals surface area contributed by atoms with Gasteiger partial charge < -0.3 is 20.4 Å². The summed E-state index contributed by atoms with van der Waals surface area (Å²) in [6.45, 7) is 8.14. The lowest BCUT2D eigenvalue weighted by atomic mass is 9.93. The molecule has 2 aliphatic heterocycles. The maximum Gasteiger partial charge on any atom is 0.261 e. The number of amides is 4. The Morgan fingerprint density at radius 2 is 0.920 bits per heavy atom. The minimum absolute atomic E-state index is 0.198. The SMILES string of the molecule is CCCCNc1cc2c3c(cccc3c1)C(=O)N(CCN(C)C)C2=O.CCCCNc1cc2c3c(cccc3c1)C(=O)N(CCN(C)C)C2=O. The van der Waals surface area contributed by atoms with Crippen LogP contribution < -0.4 is 10.6 Å². The van der Waals surface area contributed by atoms with E-state index >= 15 is 0 Å². The van der Waals surface area contributed by atoms with Gasteiger partial charge in [-0.15, -0.1) is 0 Å². The van der Waals surface area contributed by atoms with Crippen molar-refractivity contribution in [2.24, 2.45) is 0 Å². The van der Waals surface area contributed by atoms with Gasteiger partial charge in [0.15, 0.2) is 0 Å². The van der Waals surface area contributed by atoms with Crippen LogP contribution in [0.2, 0.25) is 0 Å². The van der Waals surface area contributed by atoms with Crippen LogP contribution in [0.25, 0.3) is 21.5 Å². The number of carbonyl (C=O) groups is 4. The molecule has 10 nitrogen and oxygen atoms in total. The molecule has 50 heavy (non-hydrogen) atoms. The Kier molecular flexibility index (Phi) is 11.9. The van der Waals surface area contributed by atoms with Crippen molar-refractivity contribution in [2.75, 3.05) is 78.1 Å². The molecule has 4 aromatic rings. The molecule has 0 saturated carbocycles. The van der Waals surface area contributed by atoms with Gasteiger partial charge in [-0.3, -0.25) is 29.0 Å². The van der Waals surface area contributed by atoms with Crippen LogP contribution in [0.4, 0.5) is 11.4 Å². The molecular weight excluding hydrogens is 628 g/mol. The van der Waals surface area contributed by atoms with E-state index in [1.165, 1.54) is 9.80 Å². The molecule has 0 saturated heterocycles. The standard InChI is InChI=1S/2C20H25N3O2/c2*1-4-5-9-21-15-12-14-7-6-8-16-18(14)17(13-15)20(25)23(19(16)24)11-10-22(2)3/h2*6-8,12-13,21H,4-5,9-11H2,1-3H3. The first-order valence-electron chi connectivity index (χ1n) is 17.7. The normalized spacial score (nSPS) is 13.8. The van der Waals surface area contributed by atoms with Gasteiger partial charge in [0.2, 0.25) is 0 Å². The molecule has 4 aromatic carbocycles. The second kappa shape index (κ2) is 16.3. The predicted molar refractivity (Wildman–Crippen MR) is 203 cm³/mol. The molecule has 10 heteroatoms. The topological polar surface area (TPSA) is 105 Å². The fraction of sp³-hybridized carbons (Fsp3) is 0.400. The summed E-state index contributed by atoms with van der Waals surface area (Å²) in [5, 5.41) is 10.2. The summed E-state index contributed by atoms with van der Waals surface area (Å²) in [4.78, 5) is 58.2. The summed E-state index contributed by atoms with van der Waals surface area (Å²) in [5.74, 6) is -0.794. The lowest BCUT2D eigenvalue weighted by Crippen LogP contribution is -2.43. The van der Waals surface area contributed by atoms with E-state index in [4.69, 9.17) is 0 Å². The van der Waals surface area contributed by atoms with E-state index in [0.29, 0.717) is 48.4 Å². The van der Waals surface area contributed by atoms with Crippen LogP contribution in [0.1, 0.15) is 81.0 Å². The number of carbonyl (C=O) groups excluding carboxylic acids is 4. The summed E-state index contributed by atoms with van der Waals surface area (Å²) < 4.78 is 0.